The lowest BCUT2D eigenvalue weighted by molar-refractivity contribution is 0.0193. The van der Waals surface area contributed by atoms with Gasteiger partial charge in [0.05, 0.1) is 5.69 Å². The summed E-state index contributed by atoms with van der Waals surface area (Å²) in [6.45, 7) is 15.4. The van der Waals surface area contributed by atoms with Crippen molar-refractivity contribution in [1.29, 1.82) is 0 Å². The molecule has 1 aromatic rings. The molecule has 1 aromatic heterocycles. The van der Waals surface area contributed by atoms with Gasteiger partial charge in [0, 0.05) is 31.2 Å². The molecule has 0 atom stereocenters. The molecule has 1 heterocycles. The van der Waals surface area contributed by atoms with Gasteiger partial charge in [-0.05, 0) is 48.5 Å². The number of nitrogens with zero attached hydrogens (tertiary/aromatic N) is 2. The second-order valence-corrected chi connectivity index (χ2v) is 6.75. The fourth-order valence-corrected chi connectivity index (χ4v) is 2.05. The zero-order valence-corrected chi connectivity index (χ0v) is 14.8. The molecule has 1 N–H and O–H groups in total. The molecule has 1 amide bonds. The van der Waals surface area contributed by atoms with Gasteiger partial charge < -0.3 is 19.5 Å². The monoisotopic (exact) mass is 311 g/mol. The molecule has 0 bridgehead atoms. The Morgan fingerprint density at radius 3 is 2.45 bits per heavy atom. The number of carbonyl (C=O) groups is 1. The molecule has 126 valence electrons. The van der Waals surface area contributed by atoms with Crippen molar-refractivity contribution in [3.8, 4) is 0 Å². The van der Waals surface area contributed by atoms with Gasteiger partial charge in [-0.25, -0.2) is 4.79 Å². The van der Waals surface area contributed by atoms with Crippen molar-refractivity contribution in [1.82, 2.24) is 15.4 Å². The van der Waals surface area contributed by atoms with Gasteiger partial charge in [0.1, 0.15) is 11.4 Å². The molecule has 0 spiro atoms. The zero-order chi connectivity index (χ0) is 16.9. The Labute approximate surface area is 133 Å². The number of nitrogens with one attached hydrogen (secondary N) is 1. The van der Waals surface area contributed by atoms with E-state index in [1.807, 2.05) is 48.5 Å². The first-order chi connectivity index (χ1) is 10.1. The highest BCUT2D eigenvalue weighted by molar-refractivity contribution is 5.68. The lowest BCUT2D eigenvalue weighted by Gasteiger charge is -2.30. The number of aromatic nitrogens is 1. The first-order valence-electron chi connectivity index (χ1n) is 7.74. The maximum atomic E-state index is 12.2. The molecule has 0 aliphatic heterocycles. The van der Waals surface area contributed by atoms with E-state index < -0.39 is 5.60 Å². The standard InChI is InChI=1S/C16H29N3O3/c1-11(2)19(15(20)21-16(5,6)7)9-8-17-10-14-12(3)18-22-13(14)4/h11,17H,8-10H2,1-7H3. The average Bonchev–Trinajstić information content (AvgIpc) is 2.67. The fraction of sp³-hybridized carbons (Fsp3) is 0.750. The third kappa shape index (κ3) is 5.67. The average molecular weight is 311 g/mol. The summed E-state index contributed by atoms with van der Waals surface area (Å²) in [5.74, 6) is 0.831. The first kappa shape index (κ1) is 18.5. The van der Waals surface area contributed by atoms with Gasteiger partial charge in [-0.2, -0.15) is 0 Å². The minimum absolute atomic E-state index is 0.0933. The summed E-state index contributed by atoms with van der Waals surface area (Å²) in [4.78, 5) is 13.9. The maximum Gasteiger partial charge on any atom is 0.410 e. The summed E-state index contributed by atoms with van der Waals surface area (Å²) in [5, 5.41) is 7.25. The van der Waals surface area contributed by atoms with Crippen LogP contribution in [0.1, 0.15) is 51.6 Å². The van der Waals surface area contributed by atoms with E-state index in [9.17, 15) is 4.79 Å². The van der Waals surface area contributed by atoms with Crippen LogP contribution in [0.25, 0.3) is 0 Å². The van der Waals surface area contributed by atoms with E-state index in [0.29, 0.717) is 19.6 Å². The largest absolute Gasteiger partial charge is 0.444 e. The van der Waals surface area contributed by atoms with Crippen LogP contribution in [0.5, 0.6) is 0 Å². The molecular weight excluding hydrogens is 282 g/mol. The van der Waals surface area contributed by atoms with Crippen molar-refractivity contribution in [2.75, 3.05) is 13.1 Å². The number of carbonyl (C=O) groups excluding carboxylic acids is 1. The third-order valence-corrected chi connectivity index (χ3v) is 3.26. The minimum Gasteiger partial charge on any atom is -0.444 e. The van der Waals surface area contributed by atoms with E-state index in [0.717, 1.165) is 17.0 Å². The Balaban J connectivity index is 2.47. The van der Waals surface area contributed by atoms with Gasteiger partial charge in [-0.1, -0.05) is 5.16 Å². The second kappa shape index (κ2) is 7.63. The number of aryl methyl sites for hydroxylation is 2. The maximum absolute atomic E-state index is 12.2. The van der Waals surface area contributed by atoms with E-state index in [2.05, 4.69) is 10.5 Å². The van der Waals surface area contributed by atoms with Gasteiger partial charge in [-0.3, -0.25) is 0 Å². The van der Waals surface area contributed by atoms with E-state index >= 15 is 0 Å². The van der Waals surface area contributed by atoms with Gasteiger partial charge in [0.2, 0.25) is 0 Å². The van der Waals surface area contributed by atoms with Crippen LogP contribution in [0.4, 0.5) is 4.79 Å². The molecule has 22 heavy (non-hydrogen) atoms. The van der Waals surface area contributed by atoms with Crippen molar-refractivity contribution in [3.63, 3.8) is 0 Å². The summed E-state index contributed by atoms with van der Waals surface area (Å²) in [6, 6.07) is 0.0933. The highest BCUT2D eigenvalue weighted by Crippen LogP contribution is 2.13. The molecule has 6 heteroatoms. The van der Waals surface area contributed by atoms with Crippen molar-refractivity contribution in [3.05, 3.63) is 17.0 Å². The molecule has 0 saturated heterocycles. The van der Waals surface area contributed by atoms with Crippen LogP contribution in [0.15, 0.2) is 4.52 Å². The quantitative estimate of drug-likeness (QED) is 0.818. The van der Waals surface area contributed by atoms with Crippen molar-refractivity contribution >= 4 is 6.09 Å². The Kier molecular flexibility index (Phi) is 6.41. The number of rotatable bonds is 6. The molecule has 0 aliphatic carbocycles. The molecule has 0 saturated carbocycles. The molecule has 0 aliphatic rings. The Hall–Kier alpha value is -1.56. The highest BCUT2D eigenvalue weighted by atomic mass is 16.6. The van der Waals surface area contributed by atoms with Crippen LogP contribution >= 0.6 is 0 Å². The van der Waals surface area contributed by atoms with Crippen LogP contribution < -0.4 is 5.32 Å². The van der Waals surface area contributed by atoms with Crippen LogP contribution in [-0.2, 0) is 11.3 Å². The van der Waals surface area contributed by atoms with Crippen molar-refractivity contribution < 1.29 is 14.1 Å². The Bertz CT molecular complexity index is 470. The third-order valence-electron chi connectivity index (χ3n) is 3.26. The summed E-state index contributed by atoms with van der Waals surface area (Å²) in [7, 11) is 0. The lowest BCUT2D eigenvalue weighted by Crippen LogP contribution is -2.44. The fourth-order valence-electron chi connectivity index (χ4n) is 2.05. The highest BCUT2D eigenvalue weighted by Gasteiger charge is 2.23. The van der Waals surface area contributed by atoms with Crippen LogP contribution in [0, 0.1) is 13.8 Å². The van der Waals surface area contributed by atoms with Gasteiger partial charge in [0.25, 0.3) is 0 Å². The van der Waals surface area contributed by atoms with E-state index in [4.69, 9.17) is 9.26 Å². The first-order valence-corrected chi connectivity index (χ1v) is 7.74. The van der Waals surface area contributed by atoms with E-state index in [-0.39, 0.29) is 12.1 Å². The van der Waals surface area contributed by atoms with E-state index in [1.54, 1.807) is 4.90 Å². The topological polar surface area (TPSA) is 67.6 Å². The molecule has 0 radical (unpaired) electrons. The number of hydrogen-bond donors (Lipinski definition) is 1. The lowest BCUT2D eigenvalue weighted by atomic mass is 10.2. The Morgan fingerprint density at radius 1 is 1.36 bits per heavy atom. The predicted octanol–water partition coefficient (Wildman–Crippen LogP) is 3.03. The number of hydrogen-bond acceptors (Lipinski definition) is 5. The van der Waals surface area contributed by atoms with Gasteiger partial charge >= 0.3 is 6.09 Å². The zero-order valence-electron chi connectivity index (χ0n) is 14.8. The summed E-state index contributed by atoms with van der Waals surface area (Å²) >= 11 is 0. The molecule has 1 rings (SSSR count). The molecule has 6 nitrogen and oxygen atoms in total. The Morgan fingerprint density at radius 2 is 2.00 bits per heavy atom. The molecule has 0 fully saturated rings. The summed E-state index contributed by atoms with van der Waals surface area (Å²) in [6.07, 6.45) is -0.276. The molecular formula is C16H29N3O3. The van der Waals surface area contributed by atoms with Crippen molar-refractivity contribution in [2.24, 2.45) is 0 Å². The minimum atomic E-state index is -0.478. The number of ether oxygens (including phenoxy) is 1. The second-order valence-electron chi connectivity index (χ2n) is 6.75. The van der Waals surface area contributed by atoms with Crippen LogP contribution in [-0.4, -0.2) is 40.9 Å². The van der Waals surface area contributed by atoms with Crippen LogP contribution in [0.3, 0.4) is 0 Å². The van der Waals surface area contributed by atoms with E-state index in [1.165, 1.54) is 0 Å². The smallest absolute Gasteiger partial charge is 0.410 e. The molecule has 0 unspecified atom stereocenters. The summed E-state index contributed by atoms with van der Waals surface area (Å²) < 4.78 is 10.6. The van der Waals surface area contributed by atoms with Crippen LogP contribution in [0.2, 0.25) is 0 Å². The predicted molar refractivity (Wildman–Crippen MR) is 85.8 cm³/mol. The van der Waals surface area contributed by atoms with Gasteiger partial charge in [0.15, 0.2) is 0 Å². The summed E-state index contributed by atoms with van der Waals surface area (Å²) in [5.41, 5.74) is 1.50. The van der Waals surface area contributed by atoms with Crippen molar-refractivity contribution in [2.45, 2.75) is 66.7 Å². The molecule has 0 aromatic carbocycles. The SMILES string of the molecule is Cc1noc(C)c1CNCCN(C(=O)OC(C)(C)C)C(C)C. The van der Waals surface area contributed by atoms with Gasteiger partial charge in [-0.15, -0.1) is 0 Å². The normalized spacial score (nSPS) is 11.8. The number of amides is 1.